The Kier molecular flexibility index (Phi) is 7.34. The highest BCUT2D eigenvalue weighted by Crippen LogP contribution is 2.47. The third-order valence-electron chi connectivity index (χ3n) is 7.25. The van der Waals surface area contributed by atoms with Gasteiger partial charge in [-0.2, -0.15) is 0 Å². The highest BCUT2D eigenvalue weighted by atomic mass is 127. The molecular formula is C26H32FIN2O. The van der Waals surface area contributed by atoms with E-state index in [0.717, 1.165) is 48.6 Å². The zero-order valence-corrected chi connectivity index (χ0v) is 20.3. The molecule has 2 aromatic carbocycles. The molecule has 1 spiro atoms. The maximum absolute atomic E-state index is 13.9. The highest BCUT2D eigenvalue weighted by molar-refractivity contribution is 14.1. The second kappa shape index (κ2) is 10.0. The van der Waals surface area contributed by atoms with Crippen LogP contribution in [-0.4, -0.2) is 22.8 Å². The van der Waals surface area contributed by atoms with Gasteiger partial charge in [-0.1, -0.05) is 52.9 Å². The van der Waals surface area contributed by atoms with E-state index in [1.165, 1.54) is 22.8 Å². The second-order valence-corrected chi connectivity index (χ2v) is 9.66. The quantitative estimate of drug-likeness (QED) is 0.203. The van der Waals surface area contributed by atoms with Crippen LogP contribution in [0.5, 0.6) is 0 Å². The van der Waals surface area contributed by atoms with Crippen LogP contribution in [0.3, 0.4) is 0 Å². The molecule has 3 N–H and O–H groups in total. The molecule has 0 aromatic heterocycles. The summed E-state index contributed by atoms with van der Waals surface area (Å²) in [5, 5.41) is 3.73. The number of rotatable bonds is 6. The van der Waals surface area contributed by atoms with Gasteiger partial charge in [0, 0.05) is 21.8 Å². The number of nitrogens with two attached hydrogens (primary N) is 1. The predicted molar refractivity (Wildman–Crippen MR) is 135 cm³/mol. The number of alkyl halides is 1. The van der Waals surface area contributed by atoms with E-state index in [4.69, 9.17) is 10.5 Å². The van der Waals surface area contributed by atoms with Crippen LogP contribution < -0.4 is 11.1 Å². The minimum absolute atomic E-state index is 0.232. The van der Waals surface area contributed by atoms with Gasteiger partial charge in [0.2, 0.25) is 0 Å². The van der Waals surface area contributed by atoms with Crippen molar-refractivity contribution in [2.24, 2.45) is 5.92 Å². The lowest BCUT2D eigenvalue weighted by atomic mass is 9.69. The van der Waals surface area contributed by atoms with Crippen molar-refractivity contribution >= 4 is 33.9 Å². The topological polar surface area (TPSA) is 47.3 Å². The van der Waals surface area contributed by atoms with Crippen molar-refractivity contribution in [2.45, 2.75) is 57.1 Å². The Morgan fingerprint density at radius 1 is 1.19 bits per heavy atom. The fourth-order valence-electron chi connectivity index (χ4n) is 5.45. The first-order valence-electron chi connectivity index (χ1n) is 11.3. The molecule has 1 atom stereocenters. The van der Waals surface area contributed by atoms with E-state index in [0.29, 0.717) is 24.3 Å². The monoisotopic (exact) mass is 534 g/mol. The molecule has 4 rings (SSSR count). The highest BCUT2D eigenvalue weighted by Gasteiger charge is 2.42. The molecule has 1 saturated carbocycles. The fourth-order valence-corrected chi connectivity index (χ4v) is 6.01. The van der Waals surface area contributed by atoms with Gasteiger partial charge in [0.25, 0.3) is 0 Å². The van der Waals surface area contributed by atoms with Crippen molar-refractivity contribution in [3.8, 4) is 0 Å². The molecule has 1 unspecified atom stereocenters. The maximum atomic E-state index is 13.9. The van der Waals surface area contributed by atoms with Gasteiger partial charge < -0.3 is 15.8 Å². The molecule has 166 valence electrons. The summed E-state index contributed by atoms with van der Waals surface area (Å²) in [5.41, 5.74) is 11.3. The SMILES string of the molecule is CC1=C(c2cc(F)ccc2N)CCOC12CCC(C(Cc1ccccc1)NCI)CC2. The number of nitrogens with one attached hydrogen (secondary N) is 1. The maximum Gasteiger partial charge on any atom is 0.123 e. The van der Waals surface area contributed by atoms with Crippen LogP contribution in [0.15, 0.2) is 54.1 Å². The van der Waals surface area contributed by atoms with Gasteiger partial charge in [-0.15, -0.1) is 0 Å². The van der Waals surface area contributed by atoms with Crippen molar-refractivity contribution in [1.82, 2.24) is 5.32 Å². The molecule has 1 aliphatic carbocycles. The Morgan fingerprint density at radius 3 is 2.65 bits per heavy atom. The van der Waals surface area contributed by atoms with Crippen LogP contribution in [0.4, 0.5) is 10.1 Å². The molecule has 0 radical (unpaired) electrons. The first-order chi connectivity index (χ1) is 15.0. The first-order valence-corrected chi connectivity index (χ1v) is 12.8. The van der Waals surface area contributed by atoms with Crippen LogP contribution in [-0.2, 0) is 11.2 Å². The number of halogens is 2. The van der Waals surface area contributed by atoms with Crippen molar-refractivity contribution in [2.75, 3.05) is 16.9 Å². The van der Waals surface area contributed by atoms with E-state index in [9.17, 15) is 4.39 Å². The molecule has 31 heavy (non-hydrogen) atoms. The van der Waals surface area contributed by atoms with E-state index in [1.807, 2.05) is 0 Å². The summed E-state index contributed by atoms with van der Waals surface area (Å²) in [4.78, 5) is 0. The molecule has 2 aromatic rings. The number of hydrogen-bond acceptors (Lipinski definition) is 3. The van der Waals surface area contributed by atoms with Gasteiger partial charge in [-0.3, -0.25) is 0 Å². The van der Waals surface area contributed by atoms with Gasteiger partial charge in [0.15, 0.2) is 0 Å². The van der Waals surface area contributed by atoms with Gasteiger partial charge in [-0.05, 0) is 86.3 Å². The zero-order valence-electron chi connectivity index (χ0n) is 18.2. The van der Waals surface area contributed by atoms with Crippen molar-refractivity contribution in [1.29, 1.82) is 0 Å². The Morgan fingerprint density at radius 2 is 1.94 bits per heavy atom. The summed E-state index contributed by atoms with van der Waals surface area (Å²) in [5.74, 6) is 0.393. The predicted octanol–water partition coefficient (Wildman–Crippen LogP) is 6.12. The summed E-state index contributed by atoms with van der Waals surface area (Å²) < 4.78 is 21.3. The van der Waals surface area contributed by atoms with Gasteiger partial charge in [-0.25, -0.2) is 4.39 Å². The molecule has 1 fully saturated rings. The van der Waals surface area contributed by atoms with E-state index in [-0.39, 0.29) is 11.4 Å². The largest absolute Gasteiger partial charge is 0.398 e. The van der Waals surface area contributed by atoms with E-state index < -0.39 is 0 Å². The van der Waals surface area contributed by atoms with E-state index in [2.05, 4.69) is 65.2 Å². The van der Waals surface area contributed by atoms with Crippen molar-refractivity contribution in [3.63, 3.8) is 0 Å². The molecule has 1 heterocycles. The summed E-state index contributed by atoms with van der Waals surface area (Å²) >= 11 is 2.41. The van der Waals surface area contributed by atoms with Crippen LogP contribution in [0.25, 0.3) is 5.57 Å². The molecule has 3 nitrogen and oxygen atoms in total. The normalized spacial score (nSPS) is 25.1. The average molecular weight is 534 g/mol. The van der Waals surface area contributed by atoms with Crippen LogP contribution in [0.2, 0.25) is 0 Å². The number of benzene rings is 2. The van der Waals surface area contributed by atoms with Crippen LogP contribution >= 0.6 is 22.6 Å². The Bertz CT molecular complexity index is 922. The third kappa shape index (κ3) is 4.99. The number of hydrogen-bond donors (Lipinski definition) is 2. The van der Waals surface area contributed by atoms with Gasteiger partial charge >= 0.3 is 0 Å². The van der Waals surface area contributed by atoms with Gasteiger partial charge in [0.05, 0.1) is 12.2 Å². The first kappa shape index (κ1) is 22.7. The molecule has 2 aliphatic rings. The average Bonchev–Trinajstić information content (AvgIpc) is 2.79. The number of anilines is 1. The standard InChI is InChI=1S/C26H32FIN2O/c1-18-22(23-16-21(27)7-8-24(23)29)11-14-31-26(18)12-9-20(10-13-26)25(30-17-28)15-19-5-3-2-4-6-19/h2-8,16,20,25,30H,9-15,17,29H2,1H3. The lowest BCUT2D eigenvalue weighted by Gasteiger charge is -2.46. The molecule has 0 amide bonds. The van der Waals surface area contributed by atoms with Gasteiger partial charge in [0.1, 0.15) is 5.82 Å². The van der Waals surface area contributed by atoms with Crippen LogP contribution in [0, 0.1) is 11.7 Å². The minimum atomic E-state index is -0.234. The third-order valence-corrected chi connectivity index (χ3v) is 7.69. The van der Waals surface area contributed by atoms with Crippen molar-refractivity contribution < 1.29 is 9.13 Å². The fraction of sp³-hybridized carbons (Fsp3) is 0.462. The van der Waals surface area contributed by atoms with E-state index >= 15 is 0 Å². The lowest BCUT2D eigenvalue weighted by molar-refractivity contribution is -0.0573. The number of ether oxygens (including phenoxy) is 1. The number of nitrogen functional groups attached to an aromatic ring is 1. The summed E-state index contributed by atoms with van der Waals surface area (Å²) in [7, 11) is 0. The second-order valence-electron chi connectivity index (χ2n) is 8.90. The Labute approximate surface area is 198 Å². The molecule has 0 bridgehead atoms. The molecular weight excluding hydrogens is 502 g/mol. The molecule has 5 heteroatoms. The zero-order chi connectivity index (χ0) is 21.8. The van der Waals surface area contributed by atoms with Crippen molar-refractivity contribution in [3.05, 3.63) is 71.0 Å². The Balaban J connectivity index is 1.52. The summed E-state index contributed by atoms with van der Waals surface area (Å²) in [6, 6.07) is 15.9. The summed E-state index contributed by atoms with van der Waals surface area (Å²) in [6.45, 7) is 2.84. The summed E-state index contributed by atoms with van der Waals surface area (Å²) in [6.07, 6.45) is 6.13. The molecule has 1 aliphatic heterocycles. The lowest BCUT2D eigenvalue weighted by Crippen LogP contribution is -2.46. The Hall–Kier alpha value is -1.44. The van der Waals surface area contributed by atoms with E-state index in [1.54, 1.807) is 12.1 Å². The smallest absolute Gasteiger partial charge is 0.123 e. The molecule has 0 saturated heterocycles. The van der Waals surface area contributed by atoms with Crippen LogP contribution in [0.1, 0.15) is 50.2 Å². The minimum Gasteiger partial charge on any atom is -0.398 e.